The number of benzene rings is 1. The van der Waals surface area contributed by atoms with Crippen molar-refractivity contribution in [1.29, 1.82) is 0 Å². The smallest absolute Gasteiger partial charge is 0.244 e. The van der Waals surface area contributed by atoms with E-state index in [2.05, 4.69) is 15.5 Å². The summed E-state index contributed by atoms with van der Waals surface area (Å²) in [7, 11) is 0. The zero-order chi connectivity index (χ0) is 13.4. The number of nitrogens with zero attached hydrogens (tertiary/aromatic N) is 2. The molecule has 0 aliphatic carbocycles. The first-order valence-corrected chi connectivity index (χ1v) is 6.22. The third-order valence-corrected chi connectivity index (χ3v) is 3.33. The van der Waals surface area contributed by atoms with Gasteiger partial charge in [-0.15, -0.1) is 0 Å². The van der Waals surface area contributed by atoms with E-state index >= 15 is 0 Å². The summed E-state index contributed by atoms with van der Waals surface area (Å²) in [5.74, 6) is 0.285. The van der Waals surface area contributed by atoms with Crippen LogP contribution in [0.1, 0.15) is 18.4 Å². The monoisotopic (exact) mass is 283 g/mol. The lowest BCUT2D eigenvalue weighted by atomic mass is 10.2. The first-order valence-electron chi connectivity index (χ1n) is 5.84. The van der Waals surface area contributed by atoms with Crippen molar-refractivity contribution in [2.75, 3.05) is 6.54 Å². The summed E-state index contributed by atoms with van der Waals surface area (Å²) < 4.78 is 18.1. The second kappa shape index (κ2) is 4.88. The van der Waals surface area contributed by atoms with Crippen LogP contribution in [-0.2, 0) is 0 Å². The Kier molecular flexibility index (Phi) is 3.22. The first kappa shape index (κ1) is 12.5. The molecule has 2 N–H and O–H groups in total. The predicted octanol–water partition coefficient (Wildman–Crippen LogP) is 1.92. The zero-order valence-electron chi connectivity index (χ0n) is 9.81. The van der Waals surface area contributed by atoms with E-state index in [0.717, 1.165) is 0 Å². The van der Waals surface area contributed by atoms with Crippen LogP contribution in [0.25, 0.3) is 11.4 Å². The predicted molar refractivity (Wildman–Crippen MR) is 66.1 cm³/mol. The number of aromatic nitrogens is 2. The average Bonchev–Trinajstić information content (AvgIpc) is 2.97. The van der Waals surface area contributed by atoms with E-state index in [4.69, 9.17) is 16.1 Å². The van der Waals surface area contributed by atoms with Gasteiger partial charge >= 0.3 is 0 Å². The highest BCUT2D eigenvalue weighted by molar-refractivity contribution is 6.33. The molecule has 1 saturated heterocycles. The molecule has 2 atom stereocenters. The molecule has 1 aromatic heterocycles. The number of nitrogens with one attached hydrogen (secondary N) is 1. The maximum Gasteiger partial charge on any atom is 0.244 e. The molecule has 0 saturated carbocycles. The molecule has 1 fully saturated rings. The summed E-state index contributed by atoms with van der Waals surface area (Å²) in [4.78, 5) is 4.23. The standard InChI is InChI=1S/C12H11ClFN3O2/c13-9-3-6(14)1-2-8(9)11-16-12(19-17-11)10-4-7(18)5-15-10/h1-3,7,10,15,18H,4-5H2/t7-,10+/m0/s1. The van der Waals surface area contributed by atoms with Gasteiger partial charge in [-0.3, -0.25) is 0 Å². The van der Waals surface area contributed by atoms with Crippen molar-refractivity contribution in [3.63, 3.8) is 0 Å². The number of halogens is 2. The molecule has 2 heterocycles. The summed E-state index contributed by atoms with van der Waals surface area (Å²) in [6.45, 7) is 0.500. The third-order valence-electron chi connectivity index (χ3n) is 3.02. The van der Waals surface area contributed by atoms with Gasteiger partial charge in [0.1, 0.15) is 5.82 Å². The van der Waals surface area contributed by atoms with Gasteiger partial charge in [0.2, 0.25) is 11.7 Å². The minimum atomic E-state index is -0.418. The zero-order valence-corrected chi connectivity index (χ0v) is 10.6. The Bertz CT molecular complexity index is 604. The normalized spacial score (nSPS) is 22.9. The van der Waals surface area contributed by atoms with Crippen LogP contribution in [0, 0.1) is 5.82 Å². The van der Waals surface area contributed by atoms with Crippen LogP contribution >= 0.6 is 11.6 Å². The van der Waals surface area contributed by atoms with Gasteiger partial charge < -0.3 is 14.9 Å². The number of aliphatic hydroxyl groups excluding tert-OH is 1. The molecule has 1 aliphatic heterocycles. The Labute approximate surface area is 113 Å². The molecule has 100 valence electrons. The van der Waals surface area contributed by atoms with Crippen molar-refractivity contribution in [2.24, 2.45) is 0 Å². The van der Waals surface area contributed by atoms with E-state index in [0.29, 0.717) is 30.2 Å². The number of hydrogen-bond acceptors (Lipinski definition) is 5. The van der Waals surface area contributed by atoms with Crippen LogP contribution in [-0.4, -0.2) is 27.9 Å². The summed E-state index contributed by atoms with van der Waals surface area (Å²) >= 11 is 5.94. The van der Waals surface area contributed by atoms with E-state index in [-0.39, 0.29) is 11.1 Å². The highest BCUT2D eigenvalue weighted by Gasteiger charge is 2.28. The van der Waals surface area contributed by atoms with Gasteiger partial charge in [-0.2, -0.15) is 4.98 Å². The molecule has 3 rings (SSSR count). The number of rotatable bonds is 2. The molecule has 0 unspecified atom stereocenters. The number of aliphatic hydroxyl groups is 1. The van der Waals surface area contributed by atoms with Crippen LogP contribution in [0.15, 0.2) is 22.7 Å². The Hall–Kier alpha value is -1.50. The Balaban J connectivity index is 1.88. The average molecular weight is 284 g/mol. The van der Waals surface area contributed by atoms with Gasteiger partial charge in [0, 0.05) is 12.1 Å². The van der Waals surface area contributed by atoms with E-state index in [1.54, 1.807) is 0 Å². The Morgan fingerprint density at radius 2 is 2.32 bits per heavy atom. The van der Waals surface area contributed by atoms with Crippen molar-refractivity contribution in [2.45, 2.75) is 18.6 Å². The lowest BCUT2D eigenvalue weighted by Gasteiger charge is -2.01. The quantitative estimate of drug-likeness (QED) is 0.881. The van der Waals surface area contributed by atoms with Crippen LogP contribution in [0.2, 0.25) is 5.02 Å². The van der Waals surface area contributed by atoms with Gasteiger partial charge in [-0.1, -0.05) is 16.8 Å². The van der Waals surface area contributed by atoms with Gasteiger partial charge in [-0.05, 0) is 24.6 Å². The second-order valence-electron chi connectivity index (χ2n) is 4.43. The molecule has 0 spiro atoms. The Morgan fingerprint density at radius 1 is 1.47 bits per heavy atom. The lowest BCUT2D eigenvalue weighted by Crippen LogP contribution is -2.15. The minimum absolute atomic E-state index is 0.157. The van der Waals surface area contributed by atoms with Gasteiger partial charge in [0.25, 0.3) is 0 Å². The third kappa shape index (κ3) is 2.47. The summed E-state index contributed by atoms with van der Waals surface area (Å²) in [5, 5.41) is 16.6. The van der Waals surface area contributed by atoms with Crippen LogP contribution < -0.4 is 5.32 Å². The first-order chi connectivity index (χ1) is 9.13. The van der Waals surface area contributed by atoms with Crippen molar-refractivity contribution >= 4 is 11.6 Å². The lowest BCUT2D eigenvalue weighted by molar-refractivity contribution is 0.191. The molecule has 7 heteroatoms. The van der Waals surface area contributed by atoms with E-state index in [1.807, 2.05) is 0 Å². The van der Waals surface area contributed by atoms with Crippen molar-refractivity contribution in [3.8, 4) is 11.4 Å². The molecular weight excluding hydrogens is 273 g/mol. The van der Waals surface area contributed by atoms with E-state index in [9.17, 15) is 9.50 Å². The molecule has 0 amide bonds. The number of hydrogen-bond donors (Lipinski definition) is 2. The highest BCUT2D eigenvalue weighted by atomic mass is 35.5. The summed E-state index contributed by atoms with van der Waals surface area (Å²) in [6.07, 6.45) is 0.119. The molecule has 2 aromatic rings. The summed E-state index contributed by atoms with van der Waals surface area (Å²) in [5.41, 5.74) is 0.511. The fourth-order valence-electron chi connectivity index (χ4n) is 2.06. The fraction of sp³-hybridized carbons (Fsp3) is 0.333. The molecule has 0 radical (unpaired) electrons. The fourth-order valence-corrected chi connectivity index (χ4v) is 2.31. The van der Waals surface area contributed by atoms with E-state index in [1.165, 1.54) is 18.2 Å². The van der Waals surface area contributed by atoms with Crippen molar-refractivity contribution in [3.05, 3.63) is 34.9 Å². The second-order valence-corrected chi connectivity index (χ2v) is 4.84. The maximum atomic E-state index is 13.0. The Morgan fingerprint density at radius 3 is 3.00 bits per heavy atom. The molecule has 19 heavy (non-hydrogen) atoms. The van der Waals surface area contributed by atoms with Crippen LogP contribution in [0.5, 0.6) is 0 Å². The van der Waals surface area contributed by atoms with Gasteiger partial charge in [0.05, 0.1) is 17.2 Å². The molecule has 5 nitrogen and oxygen atoms in total. The van der Waals surface area contributed by atoms with Gasteiger partial charge in [0.15, 0.2) is 0 Å². The van der Waals surface area contributed by atoms with Crippen LogP contribution in [0.3, 0.4) is 0 Å². The highest BCUT2D eigenvalue weighted by Crippen LogP contribution is 2.28. The van der Waals surface area contributed by atoms with Crippen LogP contribution in [0.4, 0.5) is 4.39 Å². The summed E-state index contributed by atoms with van der Waals surface area (Å²) in [6, 6.07) is 3.83. The minimum Gasteiger partial charge on any atom is -0.392 e. The molecular formula is C12H11ClFN3O2. The molecule has 1 aromatic carbocycles. The van der Waals surface area contributed by atoms with Crippen molar-refractivity contribution in [1.82, 2.24) is 15.5 Å². The van der Waals surface area contributed by atoms with Crippen molar-refractivity contribution < 1.29 is 14.0 Å². The number of β-amino-alcohol motifs (C(OH)–C–C–N with tert-alkyl or cyclic N) is 1. The maximum absolute atomic E-state index is 13.0. The SMILES string of the molecule is O[C@@H]1CN[C@@H](c2nc(-c3ccc(F)cc3Cl)no2)C1. The molecule has 1 aliphatic rings. The largest absolute Gasteiger partial charge is 0.392 e. The van der Waals surface area contributed by atoms with Gasteiger partial charge in [-0.25, -0.2) is 4.39 Å². The molecule has 0 bridgehead atoms. The topological polar surface area (TPSA) is 71.2 Å². The van der Waals surface area contributed by atoms with E-state index < -0.39 is 11.9 Å².